The van der Waals surface area contributed by atoms with Crippen LogP contribution in [0.5, 0.6) is 0 Å². The van der Waals surface area contributed by atoms with E-state index in [0.29, 0.717) is 0 Å². The fourth-order valence-corrected chi connectivity index (χ4v) is 3.35. The van der Waals surface area contributed by atoms with Crippen molar-refractivity contribution in [2.24, 2.45) is 0 Å². The molecule has 0 bridgehead atoms. The predicted octanol–water partition coefficient (Wildman–Crippen LogP) is 5.32. The number of nitrogens with one attached hydrogen (secondary N) is 1. The highest BCUT2D eigenvalue weighted by Crippen LogP contribution is 2.30. The van der Waals surface area contributed by atoms with E-state index in [1.165, 1.54) is 10.4 Å². The van der Waals surface area contributed by atoms with Crippen LogP contribution in [0.2, 0.25) is 9.36 Å². The molecule has 1 unspecified atom stereocenters. The molecule has 0 amide bonds. The Hall–Kier alpha value is -0.0600. The van der Waals surface area contributed by atoms with Crippen LogP contribution >= 0.6 is 50.5 Å². The van der Waals surface area contributed by atoms with Crippen LogP contribution in [-0.4, -0.2) is 7.05 Å². The van der Waals surface area contributed by atoms with Crippen molar-refractivity contribution in [3.05, 3.63) is 54.6 Å². The van der Waals surface area contributed by atoms with Gasteiger partial charge in [0.1, 0.15) is 0 Å². The molecule has 0 aliphatic carbocycles. The van der Waals surface area contributed by atoms with E-state index in [2.05, 4.69) is 33.4 Å². The van der Waals surface area contributed by atoms with Gasteiger partial charge < -0.3 is 5.32 Å². The quantitative estimate of drug-likeness (QED) is 0.773. The summed E-state index contributed by atoms with van der Waals surface area (Å²) < 4.78 is 1.75. The molecule has 2 rings (SSSR count). The van der Waals surface area contributed by atoms with Gasteiger partial charge in [0.2, 0.25) is 0 Å². The molecule has 1 aromatic heterocycles. The van der Waals surface area contributed by atoms with Crippen molar-refractivity contribution in [1.29, 1.82) is 0 Å². The summed E-state index contributed by atoms with van der Waals surface area (Å²) in [6.45, 7) is 0. The van der Waals surface area contributed by atoms with Gasteiger partial charge in [0.15, 0.2) is 0 Å². The summed E-state index contributed by atoms with van der Waals surface area (Å²) in [6, 6.07) is 10.3. The van der Waals surface area contributed by atoms with Crippen molar-refractivity contribution in [3.63, 3.8) is 0 Å². The molecule has 0 fully saturated rings. The number of halogens is 3. The Balaban J connectivity index is 2.19. The summed E-state index contributed by atoms with van der Waals surface area (Å²) in [5, 5.41) is 4.05. The number of likely N-dealkylation sites (N-methyl/N-ethyl adjacent to an activating group) is 1. The van der Waals surface area contributed by atoms with Crippen LogP contribution in [0.1, 0.15) is 16.5 Å². The number of benzene rings is 1. The average Bonchev–Trinajstić information content (AvgIpc) is 2.75. The van der Waals surface area contributed by atoms with E-state index in [4.69, 9.17) is 23.2 Å². The summed E-state index contributed by atoms with van der Waals surface area (Å²) in [5.41, 5.74) is 1.18. The number of hydrogen-bond acceptors (Lipinski definition) is 2. The zero-order valence-corrected chi connectivity index (χ0v) is 13.6. The molecule has 1 heterocycles. The van der Waals surface area contributed by atoms with E-state index >= 15 is 0 Å². The maximum Gasteiger partial charge on any atom is 0.0931 e. The molecule has 0 aliphatic heterocycles. The van der Waals surface area contributed by atoms with Crippen molar-refractivity contribution >= 4 is 50.5 Å². The molecule has 1 aromatic carbocycles. The third-order valence-electron chi connectivity index (χ3n) is 2.73. The van der Waals surface area contributed by atoms with Crippen LogP contribution < -0.4 is 5.32 Å². The lowest BCUT2D eigenvalue weighted by molar-refractivity contribution is 0.596. The molecule has 1 atom stereocenters. The number of hydrogen-bond donors (Lipinski definition) is 1. The minimum atomic E-state index is 0.241. The largest absolute Gasteiger partial charge is 0.313 e. The van der Waals surface area contributed by atoms with Gasteiger partial charge in [-0.15, -0.1) is 11.3 Å². The molecule has 1 N–H and O–H groups in total. The third-order valence-corrected chi connectivity index (χ3v) is 5.21. The normalized spacial score (nSPS) is 12.7. The first-order valence-corrected chi connectivity index (χ1v) is 7.83. The van der Waals surface area contributed by atoms with E-state index in [1.54, 1.807) is 11.3 Å². The molecule has 0 spiro atoms. The minimum absolute atomic E-state index is 0.241. The zero-order chi connectivity index (χ0) is 13.1. The standard InChI is InChI=1S/C13H12BrCl2NS/c1-17-12(7-9-3-5-13(16)18-9)8-2-4-10(14)11(15)6-8/h2-6,12,17H,7H2,1H3. The fraction of sp³-hybridized carbons (Fsp3) is 0.231. The number of rotatable bonds is 4. The van der Waals surface area contributed by atoms with E-state index in [-0.39, 0.29) is 6.04 Å². The second-order valence-corrected chi connectivity index (χ2v) is 6.99. The maximum absolute atomic E-state index is 6.13. The van der Waals surface area contributed by atoms with Gasteiger partial charge in [0, 0.05) is 21.8 Å². The molecule has 5 heteroatoms. The van der Waals surface area contributed by atoms with Gasteiger partial charge in [-0.2, -0.15) is 0 Å². The Kier molecular flexibility index (Phi) is 5.10. The minimum Gasteiger partial charge on any atom is -0.313 e. The Morgan fingerprint density at radius 2 is 2.06 bits per heavy atom. The lowest BCUT2D eigenvalue weighted by Gasteiger charge is -2.16. The monoisotopic (exact) mass is 363 g/mol. The van der Waals surface area contributed by atoms with Gasteiger partial charge >= 0.3 is 0 Å². The first-order chi connectivity index (χ1) is 8.60. The molecule has 18 heavy (non-hydrogen) atoms. The Morgan fingerprint density at radius 1 is 1.28 bits per heavy atom. The van der Waals surface area contributed by atoms with E-state index in [1.807, 2.05) is 25.2 Å². The first kappa shape index (κ1) is 14.4. The van der Waals surface area contributed by atoms with Crippen LogP contribution in [0.3, 0.4) is 0 Å². The van der Waals surface area contributed by atoms with Crippen LogP contribution in [0.25, 0.3) is 0 Å². The molecule has 0 saturated heterocycles. The van der Waals surface area contributed by atoms with Crippen molar-refractivity contribution in [2.45, 2.75) is 12.5 Å². The Labute approximate surface area is 129 Å². The Morgan fingerprint density at radius 3 is 2.61 bits per heavy atom. The van der Waals surface area contributed by atoms with Gasteiger partial charge in [-0.25, -0.2) is 0 Å². The Bertz CT molecular complexity index is 542. The van der Waals surface area contributed by atoms with E-state index in [0.717, 1.165) is 20.3 Å². The molecule has 0 radical (unpaired) electrons. The smallest absolute Gasteiger partial charge is 0.0931 e. The van der Waals surface area contributed by atoms with Crippen LogP contribution in [-0.2, 0) is 6.42 Å². The van der Waals surface area contributed by atoms with Crippen LogP contribution in [0, 0.1) is 0 Å². The highest BCUT2D eigenvalue weighted by atomic mass is 79.9. The number of thiophene rings is 1. The summed E-state index contributed by atoms with van der Waals surface area (Å²) in [4.78, 5) is 1.26. The van der Waals surface area contributed by atoms with E-state index in [9.17, 15) is 0 Å². The summed E-state index contributed by atoms with van der Waals surface area (Å²) in [5.74, 6) is 0. The van der Waals surface area contributed by atoms with Gasteiger partial charge in [-0.3, -0.25) is 0 Å². The third kappa shape index (κ3) is 3.49. The van der Waals surface area contributed by atoms with Crippen molar-refractivity contribution in [1.82, 2.24) is 5.32 Å². The van der Waals surface area contributed by atoms with Gasteiger partial charge in [0.25, 0.3) is 0 Å². The molecule has 1 nitrogen and oxygen atoms in total. The summed E-state index contributed by atoms with van der Waals surface area (Å²) >= 11 is 17.1. The SMILES string of the molecule is CNC(Cc1ccc(Cl)s1)c1ccc(Br)c(Cl)c1. The highest BCUT2D eigenvalue weighted by molar-refractivity contribution is 9.10. The summed E-state index contributed by atoms with van der Waals surface area (Å²) in [7, 11) is 1.95. The molecular weight excluding hydrogens is 353 g/mol. The van der Waals surface area contributed by atoms with Crippen molar-refractivity contribution < 1.29 is 0 Å². The lowest BCUT2D eigenvalue weighted by atomic mass is 10.0. The highest BCUT2D eigenvalue weighted by Gasteiger charge is 2.12. The summed E-state index contributed by atoms with van der Waals surface area (Å²) in [6.07, 6.45) is 0.909. The van der Waals surface area contributed by atoms with Crippen molar-refractivity contribution in [2.75, 3.05) is 7.05 Å². The van der Waals surface area contributed by atoms with Gasteiger partial charge in [0.05, 0.1) is 9.36 Å². The topological polar surface area (TPSA) is 12.0 Å². The van der Waals surface area contributed by atoms with Crippen LogP contribution in [0.4, 0.5) is 0 Å². The van der Waals surface area contributed by atoms with E-state index < -0.39 is 0 Å². The molecule has 0 aliphatic rings. The van der Waals surface area contributed by atoms with Gasteiger partial charge in [-0.1, -0.05) is 29.3 Å². The second kappa shape index (κ2) is 6.40. The molecule has 0 saturated carbocycles. The average molecular weight is 365 g/mol. The van der Waals surface area contributed by atoms with Crippen LogP contribution in [0.15, 0.2) is 34.8 Å². The maximum atomic E-state index is 6.13. The second-order valence-electron chi connectivity index (χ2n) is 3.92. The lowest BCUT2D eigenvalue weighted by Crippen LogP contribution is -2.18. The van der Waals surface area contributed by atoms with Gasteiger partial charge in [-0.05, 0) is 52.8 Å². The molecule has 2 aromatic rings. The predicted molar refractivity (Wildman–Crippen MR) is 84.0 cm³/mol. The molecular formula is C13H12BrCl2NS. The first-order valence-electron chi connectivity index (χ1n) is 5.46. The zero-order valence-electron chi connectivity index (χ0n) is 9.71. The fourth-order valence-electron chi connectivity index (χ4n) is 1.78. The molecule has 96 valence electrons. The van der Waals surface area contributed by atoms with Crippen molar-refractivity contribution in [3.8, 4) is 0 Å².